The molecule has 5 heteroatoms. The number of fused-ring (bicyclic) bond motifs is 1. The van der Waals surface area contributed by atoms with Crippen LogP contribution in [-0.4, -0.2) is 19.5 Å². The molecule has 1 heterocycles. The van der Waals surface area contributed by atoms with E-state index in [0.717, 1.165) is 6.07 Å². The summed E-state index contributed by atoms with van der Waals surface area (Å²) in [4.78, 5) is 11.1. The molecule has 0 bridgehead atoms. The first kappa shape index (κ1) is 10.3. The minimum atomic E-state index is -3.68. The Hall–Kier alpha value is -1.23. The Morgan fingerprint density at radius 3 is 2.73 bits per heavy atom. The molecule has 1 atom stereocenters. The lowest BCUT2D eigenvalue weighted by molar-refractivity contribution is 0.0974. The van der Waals surface area contributed by atoms with Crippen molar-refractivity contribution in [3.8, 4) is 0 Å². The summed E-state index contributed by atoms with van der Waals surface area (Å²) in [5, 5.41) is -0.839. The fourth-order valence-corrected chi connectivity index (χ4v) is 3.30. The lowest BCUT2D eigenvalue weighted by Crippen LogP contribution is -2.29. The smallest absolute Gasteiger partial charge is 0.185 e. The molecule has 2 rings (SSSR count). The highest BCUT2D eigenvalue weighted by Crippen LogP contribution is 2.31. The minimum Gasteiger partial charge on any atom is -0.294 e. The van der Waals surface area contributed by atoms with Gasteiger partial charge in [-0.1, -0.05) is 6.07 Å². The molecule has 15 heavy (non-hydrogen) atoms. The first-order valence-corrected chi connectivity index (χ1v) is 6.05. The van der Waals surface area contributed by atoms with Crippen LogP contribution in [0.25, 0.3) is 0 Å². The molecule has 80 valence electrons. The van der Waals surface area contributed by atoms with E-state index in [4.69, 9.17) is 0 Å². The normalized spacial score (nSPS) is 23.6. The highest BCUT2D eigenvalue weighted by atomic mass is 32.2. The van der Waals surface area contributed by atoms with Crippen molar-refractivity contribution in [3.63, 3.8) is 0 Å². The van der Waals surface area contributed by atoms with Crippen molar-refractivity contribution >= 4 is 15.6 Å². The predicted octanol–water partition coefficient (Wildman–Crippen LogP) is 1.57. The van der Waals surface area contributed by atoms with Gasteiger partial charge in [0, 0.05) is 12.0 Å². The summed E-state index contributed by atoms with van der Waals surface area (Å²) < 4.78 is 36.9. The molecule has 1 unspecified atom stereocenters. The number of benzene rings is 1. The van der Waals surface area contributed by atoms with Crippen LogP contribution in [0.2, 0.25) is 0 Å². The topological polar surface area (TPSA) is 51.2 Å². The molecule has 0 spiro atoms. The summed E-state index contributed by atoms with van der Waals surface area (Å²) in [6, 6.07) is 3.75. The summed E-state index contributed by atoms with van der Waals surface area (Å²) in [5.74, 6) is -1.15. The third-order valence-electron chi connectivity index (χ3n) is 2.55. The Morgan fingerprint density at radius 2 is 2.07 bits per heavy atom. The van der Waals surface area contributed by atoms with Crippen LogP contribution in [-0.2, 0) is 9.84 Å². The molecule has 0 fully saturated rings. The summed E-state index contributed by atoms with van der Waals surface area (Å²) in [7, 11) is -3.68. The van der Waals surface area contributed by atoms with Gasteiger partial charge in [0.05, 0.1) is 5.25 Å². The second-order valence-corrected chi connectivity index (χ2v) is 5.90. The molecule has 1 aromatic rings. The van der Waals surface area contributed by atoms with Crippen molar-refractivity contribution in [3.05, 3.63) is 29.6 Å². The monoisotopic (exact) mass is 228 g/mol. The Balaban J connectivity index is 2.84. The molecule has 1 aliphatic heterocycles. The van der Waals surface area contributed by atoms with Crippen LogP contribution in [0.5, 0.6) is 0 Å². The molecular formula is C10H9FO3S. The van der Waals surface area contributed by atoms with Crippen LogP contribution in [0, 0.1) is 5.82 Å². The van der Waals surface area contributed by atoms with Gasteiger partial charge >= 0.3 is 0 Å². The van der Waals surface area contributed by atoms with Crippen molar-refractivity contribution < 1.29 is 17.6 Å². The lowest BCUT2D eigenvalue weighted by atomic mass is 10.1. The minimum absolute atomic E-state index is 0.0203. The third kappa shape index (κ3) is 1.38. The molecule has 0 N–H and O–H groups in total. The zero-order chi connectivity index (χ0) is 11.2. The summed E-state index contributed by atoms with van der Waals surface area (Å²) >= 11 is 0. The lowest BCUT2D eigenvalue weighted by Gasteiger charge is -2.20. The molecule has 0 aliphatic carbocycles. The Morgan fingerprint density at radius 1 is 1.40 bits per heavy atom. The Labute approximate surface area is 86.8 Å². The van der Waals surface area contributed by atoms with Gasteiger partial charge in [0.15, 0.2) is 15.6 Å². The molecule has 0 aromatic heterocycles. The first-order valence-electron chi connectivity index (χ1n) is 4.50. The van der Waals surface area contributed by atoms with E-state index in [1.165, 1.54) is 19.1 Å². The zero-order valence-corrected chi connectivity index (χ0v) is 8.84. The highest BCUT2D eigenvalue weighted by Gasteiger charge is 2.37. The van der Waals surface area contributed by atoms with Crippen molar-refractivity contribution in [1.82, 2.24) is 0 Å². The van der Waals surface area contributed by atoms with E-state index >= 15 is 0 Å². The molecular weight excluding hydrogens is 219 g/mol. The van der Waals surface area contributed by atoms with Crippen LogP contribution in [0.1, 0.15) is 23.7 Å². The summed E-state index contributed by atoms with van der Waals surface area (Å²) in [5.41, 5.74) is -0.0203. The van der Waals surface area contributed by atoms with Gasteiger partial charge in [-0.15, -0.1) is 0 Å². The number of halogens is 1. The highest BCUT2D eigenvalue weighted by molar-refractivity contribution is 7.92. The number of hydrogen-bond acceptors (Lipinski definition) is 3. The van der Waals surface area contributed by atoms with Crippen molar-refractivity contribution in [1.29, 1.82) is 0 Å². The number of ketones is 1. The average molecular weight is 228 g/mol. The molecule has 1 aromatic carbocycles. The van der Waals surface area contributed by atoms with Gasteiger partial charge < -0.3 is 0 Å². The van der Waals surface area contributed by atoms with Crippen LogP contribution >= 0.6 is 0 Å². The molecule has 0 amide bonds. The quantitative estimate of drug-likeness (QED) is 0.677. The Bertz CT molecular complexity index is 534. The van der Waals surface area contributed by atoms with Crippen LogP contribution in [0.4, 0.5) is 4.39 Å². The van der Waals surface area contributed by atoms with E-state index in [9.17, 15) is 17.6 Å². The van der Waals surface area contributed by atoms with Crippen molar-refractivity contribution in [2.45, 2.75) is 23.5 Å². The number of sulfone groups is 1. The first-order chi connectivity index (χ1) is 6.94. The Kier molecular flexibility index (Phi) is 2.15. The standard InChI is InChI=1S/C10H9FO3S/c1-6-5-9(12)7-3-2-4-8(11)10(7)15(6,13)14/h2-4,6H,5H2,1H3. The number of rotatable bonds is 0. The van der Waals surface area contributed by atoms with Gasteiger partial charge in [-0.2, -0.15) is 0 Å². The number of carbonyl (C=O) groups excluding carboxylic acids is 1. The zero-order valence-electron chi connectivity index (χ0n) is 8.03. The molecule has 0 saturated heterocycles. The SMILES string of the molecule is CC1CC(=O)c2cccc(F)c2S1(=O)=O. The average Bonchev–Trinajstić information content (AvgIpc) is 2.14. The van der Waals surface area contributed by atoms with E-state index in [-0.39, 0.29) is 17.8 Å². The number of carbonyl (C=O) groups is 1. The summed E-state index contributed by atoms with van der Waals surface area (Å²) in [6.07, 6.45) is -0.0706. The van der Waals surface area contributed by atoms with E-state index in [2.05, 4.69) is 0 Å². The van der Waals surface area contributed by atoms with E-state index in [1.807, 2.05) is 0 Å². The molecule has 3 nitrogen and oxygen atoms in total. The third-order valence-corrected chi connectivity index (χ3v) is 4.76. The largest absolute Gasteiger partial charge is 0.294 e. The van der Waals surface area contributed by atoms with Crippen LogP contribution in [0.3, 0.4) is 0 Å². The van der Waals surface area contributed by atoms with E-state index in [1.54, 1.807) is 0 Å². The van der Waals surface area contributed by atoms with Crippen LogP contribution < -0.4 is 0 Å². The molecule has 1 aliphatic rings. The van der Waals surface area contributed by atoms with Crippen molar-refractivity contribution in [2.24, 2.45) is 0 Å². The maximum absolute atomic E-state index is 13.4. The van der Waals surface area contributed by atoms with Crippen LogP contribution in [0.15, 0.2) is 23.1 Å². The van der Waals surface area contributed by atoms with Gasteiger partial charge in [0.1, 0.15) is 10.7 Å². The van der Waals surface area contributed by atoms with Gasteiger partial charge in [-0.05, 0) is 19.1 Å². The fraction of sp³-hybridized carbons (Fsp3) is 0.300. The summed E-state index contributed by atoms with van der Waals surface area (Å²) in [6.45, 7) is 1.42. The second kappa shape index (κ2) is 3.13. The molecule has 0 saturated carbocycles. The maximum atomic E-state index is 13.4. The maximum Gasteiger partial charge on any atom is 0.185 e. The van der Waals surface area contributed by atoms with E-state index in [0.29, 0.717) is 0 Å². The van der Waals surface area contributed by atoms with Gasteiger partial charge in [0.25, 0.3) is 0 Å². The fourth-order valence-electron chi connectivity index (χ4n) is 1.70. The molecule has 0 radical (unpaired) electrons. The predicted molar refractivity (Wildman–Crippen MR) is 52.0 cm³/mol. The van der Waals surface area contributed by atoms with Gasteiger partial charge in [0.2, 0.25) is 0 Å². The van der Waals surface area contributed by atoms with E-state index < -0.39 is 25.8 Å². The number of hydrogen-bond donors (Lipinski definition) is 0. The van der Waals surface area contributed by atoms with Crippen molar-refractivity contribution in [2.75, 3.05) is 0 Å². The second-order valence-electron chi connectivity index (χ2n) is 3.60. The number of Topliss-reactive ketones (excluding diaryl/α,β-unsaturated/α-hetero) is 1. The van der Waals surface area contributed by atoms with Gasteiger partial charge in [-0.25, -0.2) is 12.8 Å². The van der Waals surface area contributed by atoms with Gasteiger partial charge in [-0.3, -0.25) is 4.79 Å².